The molecule has 0 amide bonds. The third-order valence-electron chi connectivity index (χ3n) is 5.66. The number of aryl methyl sites for hydroxylation is 1. The zero-order valence-corrected chi connectivity index (χ0v) is 16.0. The van der Waals surface area contributed by atoms with E-state index in [1.54, 1.807) is 6.20 Å². The van der Waals surface area contributed by atoms with Crippen molar-refractivity contribution in [2.75, 3.05) is 6.61 Å². The minimum Gasteiger partial charge on any atom is -0.491 e. The van der Waals surface area contributed by atoms with E-state index in [9.17, 15) is 4.79 Å². The summed E-state index contributed by atoms with van der Waals surface area (Å²) >= 11 is 0. The van der Waals surface area contributed by atoms with Gasteiger partial charge in [-0.3, -0.25) is 9.78 Å². The van der Waals surface area contributed by atoms with Crippen molar-refractivity contribution >= 4 is 5.97 Å². The van der Waals surface area contributed by atoms with Crippen molar-refractivity contribution in [2.24, 2.45) is 7.05 Å². The molecule has 2 aliphatic rings. The Bertz CT molecular complexity index is 1090. The van der Waals surface area contributed by atoms with Crippen molar-refractivity contribution in [3.8, 4) is 22.9 Å². The molecule has 7 nitrogen and oxygen atoms in total. The minimum atomic E-state index is -0.848. The average molecular weight is 391 g/mol. The number of carboxylic acid groups (broad SMARTS) is 1. The highest BCUT2D eigenvalue weighted by atomic mass is 16.5. The van der Waals surface area contributed by atoms with Crippen LogP contribution in [0.1, 0.15) is 41.7 Å². The zero-order chi connectivity index (χ0) is 20.0. The van der Waals surface area contributed by atoms with E-state index in [0.717, 1.165) is 24.2 Å². The van der Waals surface area contributed by atoms with Crippen LogP contribution in [-0.4, -0.2) is 32.2 Å². The number of aliphatic carboxylic acids is 1. The monoisotopic (exact) mass is 391 g/mol. The van der Waals surface area contributed by atoms with Crippen LogP contribution in [-0.2, 0) is 18.3 Å². The molecular weight excluding hydrogens is 370 g/mol. The molecule has 1 aromatic carbocycles. The van der Waals surface area contributed by atoms with Crippen LogP contribution >= 0.6 is 0 Å². The summed E-state index contributed by atoms with van der Waals surface area (Å²) in [5.74, 6) is 1.16. The Morgan fingerprint density at radius 3 is 3.07 bits per heavy atom. The van der Waals surface area contributed by atoms with Crippen LogP contribution in [0, 0.1) is 0 Å². The maximum atomic E-state index is 11.0. The number of ether oxygens (including phenoxy) is 2. The quantitative estimate of drug-likeness (QED) is 0.716. The molecule has 0 saturated heterocycles. The van der Waals surface area contributed by atoms with Crippen molar-refractivity contribution in [3.05, 3.63) is 59.7 Å². The van der Waals surface area contributed by atoms with E-state index in [2.05, 4.69) is 22.1 Å². The lowest BCUT2D eigenvalue weighted by Crippen LogP contribution is -2.08. The normalized spacial score (nSPS) is 19.5. The summed E-state index contributed by atoms with van der Waals surface area (Å²) < 4.78 is 13.9. The molecule has 29 heavy (non-hydrogen) atoms. The number of carbonyl (C=O) groups is 1. The fourth-order valence-corrected chi connectivity index (χ4v) is 4.30. The molecule has 2 aromatic heterocycles. The van der Waals surface area contributed by atoms with Crippen LogP contribution < -0.4 is 9.47 Å². The van der Waals surface area contributed by atoms with Gasteiger partial charge in [-0.1, -0.05) is 18.2 Å². The van der Waals surface area contributed by atoms with Crippen molar-refractivity contribution in [1.82, 2.24) is 14.5 Å². The highest BCUT2D eigenvalue weighted by Gasteiger charge is 2.30. The SMILES string of the molecule is Cn1ccnc1-c1cccc2c1CCC2Oc1cnc2c(c1)OC[C@H]2CC(=O)O. The number of fused-ring (bicyclic) bond motifs is 2. The Morgan fingerprint density at radius 1 is 1.38 bits per heavy atom. The number of nitrogens with zero attached hydrogens (tertiary/aromatic N) is 3. The molecule has 5 rings (SSSR count). The number of hydrogen-bond donors (Lipinski definition) is 1. The lowest BCUT2D eigenvalue weighted by molar-refractivity contribution is -0.137. The maximum absolute atomic E-state index is 11.0. The van der Waals surface area contributed by atoms with Gasteiger partial charge in [-0.25, -0.2) is 4.98 Å². The average Bonchev–Trinajstić information content (AvgIpc) is 3.41. The molecule has 0 radical (unpaired) electrons. The van der Waals surface area contributed by atoms with Crippen molar-refractivity contribution in [2.45, 2.75) is 31.3 Å². The van der Waals surface area contributed by atoms with Gasteiger partial charge in [0.25, 0.3) is 0 Å². The molecule has 0 bridgehead atoms. The lowest BCUT2D eigenvalue weighted by atomic mass is 10.0. The first-order chi connectivity index (χ1) is 14.1. The van der Waals surface area contributed by atoms with Crippen molar-refractivity contribution in [1.29, 1.82) is 0 Å². The van der Waals surface area contributed by atoms with Gasteiger partial charge in [0.1, 0.15) is 23.4 Å². The second-order valence-electron chi connectivity index (χ2n) is 7.54. The summed E-state index contributed by atoms with van der Waals surface area (Å²) in [4.78, 5) is 19.9. The summed E-state index contributed by atoms with van der Waals surface area (Å²) in [5.41, 5.74) is 4.30. The first kappa shape index (κ1) is 17.7. The molecule has 3 aromatic rings. The molecule has 148 valence electrons. The molecule has 0 fully saturated rings. The molecule has 0 saturated carbocycles. The molecule has 7 heteroatoms. The van der Waals surface area contributed by atoms with Gasteiger partial charge in [-0.05, 0) is 24.0 Å². The predicted molar refractivity (Wildman–Crippen MR) is 105 cm³/mol. The molecule has 2 atom stereocenters. The number of pyridine rings is 1. The largest absolute Gasteiger partial charge is 0.491 e. The summed E-state index contributed by atoms with van der Waals surface area (Å²) in [6.45, 7) is 0.345. The number of hydrogen-bond acceptors (Lipinski definition) is 5. The van der Waals surface area contributed by atoms with Crippen molar-refractivity contribution in [3.63, 3.8) is 0 Å². The van der Waals surface area contributed by atoms with Crippen LogP contribution in [0.2, 0.25) is 0 Å². The minimum absolute atomic E-state index is 0.0200. The van der Waals surface area contributed by atoms with Gasteiger partial charge >= 0.3 is 5.97 Å². The predicted octanol–water partition coefficient (Wildman–Crippen LogP) is 3.50. The highest BCUT2D eigenvalue weighted by molar-refractivity contribution is 5.68. The van der Waals surface area contributed by atoms with Gasteiger partial charge in [-0.15, -0.1) is 0 Å². The van der Waals surface area contributed by atoms with Crippen molar-refractivity contribution < 1.29 is 19.4 Å². The van der Waals surface area contributed by atoms with Crippen LogP contribution in [0.4, 0.5) is 0 Å². The molecule has 0 spiro atoms. The molecule has 3 heterocycles. The van der Waals surface area contributed by atoms with Gasteiger partial charge in [0.15, 0.2) is 0 Å². The summed E-state index contributed by atoms with van der Waals surface area (Å²) in [7, 11) is 2.00. The fraction of sp³-hybridized carbons (Fsp3) is 0.318. The molecule has 1 aliphatic carbocycles. The van der Waals surface area contributed by atoms with Crippen LogP contribution in [0.15, 0.2) is 42.9 Å². The van der Waals surface area contributed by atoms with E-state index in [-0.39, 0.29) is 18.4 Å². The van der Waals surface area contributed by atoms with Crippen LogP contribution in [0.25, 0.3) is 11.4 Å². The second-order valence-corrected chi connectivity index (χ2v) is 7.54. The fourth-order valence-electron chi connectivity index (χ4n) is 4.30. The van der Waals surface area contributed by atoms with E-state index in [0.29, 0.717) is 23.8 Å². The Labute approximate surface area is 167 Å². The summed E-state index contributed by atoms with van der Waals surface area (Å²) in [6, 6.07) is 8.09. The standard InChI is InChI=1S/C22H21N3O4/c1-25-8-7-23-22(25)17-4-2-3-16-15(17)5-6-18(16)29-14-10-19-21(24-11-14)13(12-28-19)9-20(26)27/h2-4,7-8,10-11,13,18H,5-6,9,12H2,1H3,(H,26,27)/t13-,18?/m1/s1. The van der Waals surface area contributed by atoms with Gasteiger partial charge in [0.05, 0.1) is 24.9 Å². The smallest absolute Gasteiger partial charge is 0.304 e. The number of rotatable bonds is 5. The van der Waals surface area contributed by atoms with Gasteiger partial charge < -0.3 is 19.1 Å². The number of benzene rings is 1. The topological polar surface area (TPSA) is 86.5 Å². The third-order valence-corrected chi connectivity index (χ3v) is 5.66. The number of carboxylic acids is 1. The Hall–Kier alpha value is -3.35. The van der Waals surface area contributed by atoms with Crippen LogP contribution in [0.3, 0.4) is 0 Å². The number of imidazole rings is 1. The summed E-state index contributed by atoms with van der Waals surface area (Å²) in [5, 5.41) is 9.03. The van der Waals surface area contributed by atoms with E-state index < -0.39 is 5.97 Å². The molecule has 1 aliphatic heterocycles. The first-order valence-corrected chi connectivity index (χ1v) is 9.71. The second kappa shape index (κ2) is 6.92. The maximum Gasteiger partial charge on any atom is 0.304 e. The Balaban J connectivity index is 1.39. The van der Waals surface area contributed by atoms with E-state index >= 15 is 0 Å². The van der Waals surface area contributed by atoms with E-state index in [1.165, 1.54) is 11.1 Å². The van der Waals surface area contributed by atoms with E-state index in [4.69, 9.17) is 14.6 Å². The van der Waals surface area contributed by atoms with Gasteiger partial charge in [0, 0.05) is 37.0 Å². The molecule has 1 unspecified atom stereocenters. The van der Waals surface area contributed by atoms with Crippen LogP contribution in [0.5, 0.6) is 11.5 Å². The Morgan fingerprint density at radius 2 is 2.28 bits per heavy atom. The van der Waals surface area contributed by atoms with Gasteiger partial charge in [-0.2, -0.15) is 0 Å². The lowest BCUT2D eigenvalue weighted by Gasteiger charge is -2.16. The highest BCUT2D eigenvalue weighted by Crippen LogP contribution is 2.41. The van der Waals surface area contributed by atoms with E-state index in [1.807, 2.05) is 36.1 Å². The summed E-state index contributed by atoms with van der Waals surface area (Å²) in [6.07, 6.45) is 7.21. The first-order valence-electron chi connectivity index (χ1n) is 9.71. The molecule has 1 N–H and O–H groups in total. The third kappa shape index (κ3) is 3.12. The Kier molecular flexibility index (Phi) is 4.23. The zero-order valence-electron chi connectivity index (χ0n) is 16.0. The number of aromatic nitrogens is 3. The van der Waals surface area contributed by atoms with Gasteiger partial charge in [0.2, 0.25) is 0 Å². The molecular formula is C22H21N3O4.